The van der Waals surface area contributed by atoms with Gasteiger partial charge in [0.25, 0.3) is 5.92 Å². The highest BCUT2D eigenvalue weighted by Crippen LogP contribution is 2.38. The molecular formula is C25H31F2N5O2. The van der Waals surface area contributed by atoms with Crippen molar-refractivity contribution in [3.63, 3.8) is 0 Å². The van der Waals surface area contributed by atoms with Gasteiger partial charge < -0.3 is 15.7 Å². The van der Waals surface area contributed by atoms with Gasteiger partial charge in [-0.2, -0.15) is 5.10 Å². The van der Waals surface area contributed by atoms with Gasteiger partial charge in [-0.05, 0) is 43.9 Å². The Labute approximate surface area is 198 Å². The molecule has 0 saturated carbocycles. The largest absolute Gasteiger partial charge is 0.478 e. The van der Waals surface area contributed by atoms with Gasteiger partial charge in [0, 0.05) is 30.8 Å². The molecule has 1 saturated heterocycles. The maximum Gasteiger partial charge on any atom is 0.339 e. The number of pyridine rings is 1. The Hall–Kier alpha value is -3.49. The van der Waals surface area contributed by atoms with E-state index in [4.69, 9.17) is 5.73 Å². The maximum atomic E-state index is 13.8. The number of nitrogen functional groups attached to an aromatic ring is 1. The zero-order valence-corrected chi connectivity index (χ0v) is 18.6. The molecule has 3 aromatic rings. The molecule has 34 heavy (non-hydrogen) atoms. The number of carboxylic acids is 1. The highest BCUT2D eigenvalue weighted by Gasteiger charge is 2.39. The van der Waals surface area contributed by atoms with Gasteiger partial charge in [-0.15, -0.1) is 0 Å². The molecule has 1 fully saturated rings. The van der Waals surface area contributed by atoms with Gasteiger partial charge in [-0.1, -0.05) is 31.7 Å². The van der Waals surface area contributed by atoms with Crippen molar-refractivity contribution in [1.29, 1.82) is 0 Å². The first-order valence-electron chi connectivity index (χ1n) is 10.9. The smallest absolute Gasteiger partial charge is 0.339 e. The third-order valence-corrected chi connectivity index (χ3v) is 6.00. The predicted molar refractivity (Wildman–Crippen MR) is 130 cm³/mol. The van der Waals surface area contributed by atoms with E-state index in [0.29, 0.717) is 30.0 Å². The van der Waals surface area contributed by atoms with Crippen LogP contribution in [0.5, 0.6) is 0 Å². The Morgan fingerprint density at radius 3 is 2.59 bits per heavy atom. The fourth-order valence-corrected chi connectivity index (χ4v) is 4.38. The summed E-state index contributed by atoms with van der Waals surface area (Å²) in [6.45, 7) is 3.72. The molecular weight excluding hydrogens is 440 g/mol. The van der Waals surface area contributed by atoms with Crippen LogP contribution in [0.15, 0.2) is 42.7 Å². The van der Waals surface area contributed by atoms with Crippen LogP contribution in [0.2, 0.25) is 0 Å². The van der Waals surface area contributed by atoms with Gasteiger partial charge in [0.05, 0.1) is 24.1 Å². The van der Waals surface area contributed by atoms with Gasteiger partial charge in [0.15, 0.2) is 5.82 Å². The number of hydrogen-bond donors (Lipinski definition) is 2. The van der Waals surface area contributed by atoms with E-state index in [1.807, 2.05) is 38.1 Å². The van der Waals surface area contributed by atoms with Gasteiger partial charge in [-0.3, -0.25) is 4.68 Å². The molecule has 0 atom stereocenters. The summed E-state index contributed by atoms with van der Waals surface area (Å²) in [6.07, 6.45) is 3.80. The van der Waals surface area contributed by atoms with E-state index in [0.717, 1.165) is 16.7 Å². The normalized spacial score (nSPS) is 14.9. The van der Waals surface area contributed by atoms with E-state index in [9.17, 15) is 18.7 Å². The fraction of sp³-hybridized carbons (Fsp3) is 0.400. The summed E-state index contributed by atoms with van der Waals surface area (Å²) in [6, 6.07) is 9.52. The summed E-state index contributed by atoms with van der Waals surface area (Å²) in [7, 11) is 0. The number of aromatic nitrogens is 3. The molecule has 0 spiro atoms. The van der Waals surface area contributed by atoms with Crippen LogP contribution in [-0.4, -0.2) is 44.9 Å². The standard InChI is InChI=1S/C24H27F2N5O2.CH4/c1-15(2)31-20(19(13-29-31)23(32)33)8-7-16-5-3-4-6-17(16)18-9-11-28-22(21(18)27)30-12-10-24(25,26)14-30;/h3-6,9,11,13,15H,7-8,10,12,14,27H2,1-2H3,(H,32,33);1H4. The Bertz CT molecular complexity index is 1180. The maximum absolute atomic E-state index is 13.8. The van der Waals surface area contributed by atoms with Crippen LogP contribution >= 0.6 is 0 Å². The van der Waals surface area contributed by atoms with Crippen LogP contribution < -0.4 is 10.6 Å². The third kappa shape index (κ3) is 4.88. The first-order valence-corrected chi connectivity index (χ1v) is 10.9. The summed E-state index contributed by atoms with van der Waals surface area (Å²) in [5.41, 5.74) is 10.2. The van der Waals surface area contributed by atoms with E-state index in [1.54, 1.807) is 16.9 Å². The van der Waals surface area contributed by atoms with Crippen molar-refractivity contribution in [3.05, 3.63) is 59.5 Å². The monoisotopic (exact) mass is 471 g/mol. The van der Waals surface area contributed by atoms with Crippen LogP contribution in [0.1, 0.15) is 55.4 Å². The number of aryl methyl sites for hydroxylation is 1. The topological polar surface area (TPSA) is 97.3 Å². The van der Waals surface area contributed by atoms with Gasteiger partial charge in [0.1, 0.15) is 5.56 Å². The number of alkyl halides is 2. The van der Waals surface area contributed by atoms with Crippen molar-refractivity contribution in [2.45, 2.75) is 52.5 Å². The van der Waals surface area contributed by atoms with Gasteiger partial charge in [0.2, 0.25) is 0 Å². The second-order valence-electron chi connectivity index (χ2n) is 8.63. The van der Waals surface area contributed by atoms with Crippen LogP contribution in [0.25, 0.3) is 11.1 Å². The van der Waals surface area contributed by atoms with Crippen molar-refractivity contribution in [3.8, 4) is 11.1 Å². The molecule has 0 unspecified atom stereocenters. The molecule has 0 aliphatic carbocycles. The quantitative estimate of drug-likeness (QED) is 0.499. The lowest BCUT2D eigenvalue weighted by Crippen LogP contribution is -2.26. The molecule has 182 valence electrons. The average Bonchev–Trinajstić information content (AvgIpc) is 3.36. The molecule has 0 bridgehead atoms. The third-order valence-electron chi connectivity index (χ3n) is 6.00. The number of aromatic carboxylic acids is 1. The Balaban J connectivity index is 0.00000324. The lowest BCUT2D eigenvalue weighted by atomic mass is 9.95. The van der Waals surface area contributed by atoms with E-state index in [-0.39, 0.29) is 32.0 Å². The minimum absolute atomic E-state index is 0. The summed E-state index contributed by atoms with van der Waals surface area (Å²) >= 11 is 0. The minimum Gasteiger partial charge on any atom is -0.478 e. The highest BCUT2D eigenvalue weighted by atomic mass is 19.3. The van der Waals surface area contributed by atoms with E-state index < -0.39 is 18.4 Å². The summed E-state index contributed by atoms with van der Waals surface area (Å²) < 4.78 is 29.2. The van der Waals surface area contributed by atoms with E-state index in [2.05, 4.69) is 10.1 Å². The van der Waals surface area contributed by atoms with Crippen molar-refractivity contribution in [2.24, 2.45) is 0 Å². The molecule has 2 aromatic heterocycles. The van der Waals surface area contributed by atoms with Crippen LogP contribution in [-0.2, 0) is 12.8 Å². The van der Waals surface area contributed by atoms with Crippen LogP contribution in [0, 0.1) is 0 Å². The number of hydrogen-bond acceptors (Lipinski definition) is 5. The lowest BCUT2D eigenvalue weighted by Gasteiger charge is -2.21. The minimum atomic E-state index is -2.75. The first-order chi connectivity index (χ1) is 15.7. The molecule has 3 N–H and O–H groups in total. The van der Waals surface area contributed by atoms with Crippen molar-refractivity contribution < 1.29 is 18.7 Å². The lowest BCUT2D eigenvalue weighted by molar-refractivity contribution is 0.0256. The van der Waals surface area contributed by atoms with Crippen LogP contribution in [0.3, 0.4) is 0 Å². The van der Waals surface area contributed by atoms with Crippen LogP contribution in [0.4, 0.5) is 20.3 Å². The number of halogens is 2. The molecule has 1 aliphatic heterocycles. The molecule has 3 heterocycles. The summed E-state index contributed by atoms with van der Waals surface area (Å²) in [5, 5.41) is 13.8. The zero-order valence-electron chi connectivity index (χ0n) is 18.6. The van der Waals surface area contributed by atoms with E-state index >= 15 is 0 Å². The molecule has 1 aliphatic rings. The number of nitrogens with two attached hydrogens (primary N) is 1. The molecule has 9 heteroatoms. The second kappa shape index (κ2) is 9.79. The molecule has 0 amide bonds. The Morgan fingerprint density at radius 2 is 1.94 bits per heavy atom. The predicted octanol–water partition coefficient (Wildman–Crippen LogP) is 5.07. The number of carbonyl (C=O) groups is 1. The SMILES string of the molecule is C.CC(C)n1ncc(C(=O)O)c1CCc1ccccc1-c1ccnc(N2CCC(F)(F)C2)c1N. The molecule has 4 rings (SSSR count). The zero-order chi connectivity index (χ0) is 23.8. The Morgan fingerprint density at radius 1 is 1.21 bits per heavy atom. The fourth-order valence-electron chi connectivity index (χ4n) is 4.38. The molecule has 1 aromatic carbocycles. The first kappa shape index (κ1) is 25.1. The number of anilines is 2. The van der Waals surface area contributed by atoms with Crippen molar-refractivity contribution >= 4 is 17.5 Å². The molecule has 7 nitrogen and oxygen atoms in total. The highest BCUT2D eigenvalue weighted by molar-refractivity contribution is 5.89. The Kier molecular flexibility index (Phi) is 7.24. The molecule has 0 radical (unpaired) electrons. The number of rotatable bonds is 7. The summed E-state index contributed by atoms with van der Waals surface area (Å²) in [5.74, 6) is -3.38. The number of nitrogens with zero attached hydrogens (tertiary/aromatic N) is 4. The number of carboxylic acid groups (broad SMARTS) is 1. The van der Waals surface area contributed by atoms with Crippen molar-refractivity contribution in [1.82, 2.24) is 14.8 Å². The van der Waals surface area contributed by atoms with Crippen molar-refractivity contribution in [2.75, 3.05) is 23.7 Å². The van der Waals surface area contributed by atoms with Gasteiger partial charge in [-0.25, -0.2) is 18.6 Å². The average molecular weight is 472 g/mol. The van der Waals surface area contributed by atoms with E-state index in [1.165, 1.54) is 11.1 Å². The second-order valence-corrected chi connectivity index (χ2v) is 8.63. The summed E-state index contributed by atoms with van der Waals surface area (Å²) in [4.78, 5) is 17.5. The number of benzene rings is 1. The van der Waals surface area contributed by atoms with Gasteiger partial charge >= 0.3 is 5.97 Å².